The molecule has 374 valence electrons. The number of carbonyl (C=O) groups is 1. The molecule has 1 fully saturated rings. The number of ether oxygens (including phenoxy) is 2. The van der Waals surface area contributed by atoms with E-state index in [1.807, 2.05) is 6.08 Å². The summed E-state index contributed by atoms with van der Waals surface area (Å²) in [6.07, 6.45) is 40.6. The Balaban J connectivity index is 2.25. The topological polar surface area (TPSA) is 189 Å². The van der Waals surface area contributed by atoms with E-state index in [4.69, 9.17) is 9.47 Å². The first-order valence-corrected chi connectivity index (χ1v) is 26.0. The summed E-state index contributed by atoms with van der Waals surface area (Å²) >= 11 is 0. The van der Waals surface area contributed by atoms with E-state index < -0.39 is 74.2 Å². The van der Waals surface area contributed by atoms with Crippen molar-refractivity contribution in [2.24, 2.45) is 0 Å². The van der Waals surface area contributed by atoms with Crippen LogP contribution in [0.2, 0.25) is 0 Å². The number of unbranched alkanes of at least 4 members (excludes halogenated alkanes) is 23. The third-order valence-corrected chi connectivity index (χ3v) is 12.3. The van der Waals surface area contributed by atoms with E-state index in [-0.39, 0.29) is 12.8 Å². The van der Waals surface area contributed by atoms with Gasteiger partial charge in [-0.15, -0.1) is 0 Å². The van der Waals surface area contributed by atoms with E-state index in [0.717, 1.165) is 44.9 Å². The molecular formula is C53H97NO10. The Morgan fingerprint density at radius 1 is 0.562 bits per heavy atom. The zero-order valence-corrected chi connectivity index (χ0v) is 40.5. The van der Waals surface area contributed by atoms with Crippen molar-refractivity contribution in [2.45, 2.75) is 268 Å². The van der Waals surface area contributed by atoms with Gasteiger partial charge in [0.15, 0.2) is 6.29 Å². The molecule has 0 aromatic carbocycles. The molecular weight excluding hydrogens is 811 g/mol. The Kier molecular flexibility index (Phi) is 39.8. The number of aliphatic hydroxyl groups excluding tert-OH is 7. The van der Waals surface area contributed by atoms with Crippen LogP contribution in [0, 0.1) is 0 Å². The maximum Gasteiger partial charge on any atom is 0.249 e. The van der Waals surface area contributed by atoms with Gasteiger partial charge in [-0.05, 0) is 77.0 Å². The highest BCUT2D eigenvalue weighted by atomic mass is 16.7. The first-order valence-electron chi connectivity index (χ1n) is 26.0. The van der Waals surface area contributed by atoms with Gasteiger partial charge in [0.05, 0.1) is 25.4 Å². The number of nitrogens with one attached hydrogen (secondary N) is 1. The normalized spacial score (nSPS) is 21.4. The van der Waals surface area contributed by atoms with Gasteiger partial charge in [0.1, 0.15) is 36.6 Å². The first-order chi connectivity index (χ1) is 31.2. The summed E-state index contributed by atoms with van der Waals surface area (Å²) in [5.74, 6) is -0.715. The summed E-state index contributed by atoms with van der Waals surface area (Å²) in [5, 5.41) is 75.5. The fourth-order valence-corrected chi connectivity index (χ4v) is 8.08. The van der Waals surface area contributed by atoms with Gasteiger partial charge in [-0.2, -0.15) is 0 Å². The van der Waals surface area contributed by atoms with Gasteiger partial charge in [0.25, 0.3) is 0 Å². The standard InChI is InChI=1S/C53H97NO10/c1-3-5-7-9-11-13-14-15-16-17-18-19-20-21-22-23-24-25-26-27-28-29-30-31-33-35-37-39-41-46(57)52(62)54-44(43-63-53-51(61)50(60)49(59)47(42-55)64-53)48(58)45(56)40-38-36-34-32-12-10-8-6-4-2/h6,8,18-19,21-22,32,34,44-51,53,55-61H,3-5,7,9-17,20,23-31,33,35-43H2,1-2H3,(H,54,62)/b8-6+,19-18-,22-21-,34-32+. The van der Waals surface area contributed by atoms with E-state index in [9.17, 15) is 40.5 Å². The van der Waals surface area contributed by atoms with Crippen LogP contribution < -0.4 is 5.32 Å². The van der Waals surface area contributed by atoms with Crippen molar-refractivity contribution in [3.8, 4) is 0 Å². The molecule has 1 heterocycles. The quantitative estimate of drug-likeness (QED) is 0.0216. The molecule has 64 heavy (non-hydrogen) atoms. The number of allylic oxidation sites excluding steroid dienone is 8. The summed E-state index contributed by atoms with van der Waals surface area (Å²) in [5.41, 5.74) is 0. The summed E-state index contributed by atoms with van der Waals surface area (Å²) in [4.78, 5) is 13.1. The average Bonchev–Trinajstić information content (AvgIpc) is 3.29. The first kappa shape index (κ1) is 60.1. The highest BCUT2D eigenvalue weighted by Crippen LogP contribution is 2.23. The third kappa shape index (κ3) is 31.1. The molecule has 0 bridgehead atoms. The van der Waals surface area contributed by atoms with Crippen LogP contribution in [0.15, 0.2) is 48.6 Å². The molecule has 0 aliphatic carbocycles. The van der Waals surface area contributed by atoms with Crippen LogP contribution in [0.3, 0.4) is 0 Å². The lowest BCUT2D eigenvalue weighted by molar-refractivity contribution is -0.303. The smallest absolute Gasteiger partial charge is 0.249 e. The van der Waals surface area contributed by atoms with Crippen LogP contribution in [-0.4, -0.2) is 110 Å². The van der Waals surface area contributed by atoms with Crippen molar-refractivity contribution in [2.75, 3.05) is 13.2 Å². The van der Waals surface area contributed by atoms with E-state index >= 15 is 0 Å². The second-order valence-corrected chi connectivity index (χ2v) is 18.2. The maximum absolute atomic E-state index is 13.1. The molecule has 1 aliphatic rings. The van der Waals surface area contributed by atoms with Gasteiger partial charge in [-0.25, -0.2) is 0 Å². The van der Waals surface area contributed by atoms with Gasteiger partial charge in [0, 0.05) is 0 Å². The van der Waals surface area contributed by atoms with E-state index in [0.29, 0.717) is 19.3 Å². The molecule has 1 amide bonds. The minimum Gasteiger partial charge on any atom is -0.394 e. The van der Waals surface area contributed by atoms with Crippen LogP contribution >= 0.6 is 0 Å². The van der Waals surface area contributed by atoms with Crippen molar-refractivity contribution in [3.63, 3.8) is 0 Å². The van der Waals surface area contributed by atoms with E-state index in [2.05, 4.69) is 61.7 Å². The van der Waals surface area contributed by atoms with Crippen LogP contribution in [0.4, 0.5) is 0 Å². The molecule has 1 saturated heterocycles. The fourth-order valence-electron chi connectivity index (χ4n) is 8.08. The van der Waals surface area contributed by atoms with Crippen LogP contribution in [0.25, 0.3) is 0 Å². The summed E-state index contributed by atoms with van der Waals surface area (Å²) in [6.45, 7) is 3.29. The highest BCUT2D eigenvalue weighted by molar-refractivity contribution is 5.80. The maximum atomic E-state index is 13.1. The lowest BCUT2D eigenvalue weighted by Gasteiger charge is -2.40. The Bertz CT molecular complexity index is 1180. The third-order valence-electron chi connectivity index (χ3n) is 12.3. The van der Waals surface area contributed by atoms with Crippen molar-refractivity contribution in [1.82, 2.24) is 5.32 Å². The molecule has 0 aromatic heterocycles. The number of hydrogen-bond donors (Lipinski definition) is 8. The molecule has 0 saturated carbocycles. The van der Waals surface area contributed by atoms with Gasteiger partial charge in [0.2, 0.25) is 5.91 Å². The second-order valence-electron chi connectivity index (χ2n) is 18.2. The van der Waals surface area contributed by atoms with Crippen molar-refractivity contribution in [1.29, 1.82) is 0 Å². The zero-order chi connectivity index (χ0) is 46.9. The Morgan fingerprint density at radius 3 is 1.56 bits per heavy atom. The lowest BCUT2D eigenvalue weighted by Crippen LogP contribution is -2.60. The summed E-state index contributed by atoms with van der Waals surface area (Å²) < 4.78 is 11.1. The van der Waals surface area contributed by atoms with Gasteiger partial charge in [-0.3, -0.25) is 4.79 Å². The van der Waals surface area contributed by atoms with Crippen LogP contribution in [0.5, 0.6) is 0 Å². The van der Waals surface area contributed by atoms with Crippen molar-refractivity contribution >= 4 is 5.91 Å². The van der Waals surface area contributed by atoms with Gasteiger partial charge in [-0.1, -0.05) is 184 Å². The minimum atomic E-state index is -1.67. The summed E-state index contributed by atoms with van der Waals surface area (Å²) in [7, 11) is 0. The number of amides is 1. The highest BCUT2D eigenvalue weighted by Gasteiger charge is 2.44. The molecule has 1 rings (SSSR count). The largest absolute Gasteiger partial charge is 0.394 e. The van der Waals surface area contributed by atoms with E-state index in [1.165, 1.54) is 122 Å². The van der Waals surface area contributed by atoms with Gasteiger partial charge >= 0.3 is 0 Å². The lowest BCUT2D eigenvalue weighted by atomic mass is 9.98. The summed E-state index contributed by atoms with van der Waals surface area (Å²) in [6, 6.07) is -1.19. The monoisotopic (exact) mass is 908 g/mol. The van der Waals surface area contributed by atoms with Crippen LogP contribution in [-0.2, 0) is 14.3 Å². The minimum absolute atomic E-state index is 0.242. The Morgan fingerprint density at radius 2 is 1.03 bits per heavy atom. The molecule has 9 unspecified atom stereocenters. The molecule has 11 heteroatoms. The van der Waals surface area contributed by atoms with Gasteiger partial charge < -0.3 is 50.5 Å². The molecule has 0 radical (unpaired) electrons. The number of aliphatic hydroxyl groups is 7. The zero-order valence-electron chi connectivity index (χ0n) is 40.5. The molecule has 9 atom stereocenters. The Hall–Kier alpha value is -1.93. The van der Waals surface area contributed by atoms with Crippen molar-refractivity contribution in [3.05, 3.63) is 48.6 Å². The molecule has 1 aliphatic heterocycles. The number of rotatable bonds is 43. The molecule has 8 N–H and O–H groups in total. The predicted octanol–water partition coefficient (Wildman–Crippen LogP) is 9.73. The average molecular weight is 908 g/mol. The Labute approximate surface area is 389 Å². The molecule has 0 aromatic rings. The fraction of sp³-hybridized carbons (Fsp3) is 0.830. The second kappa shape index (κ2) is 42.4. The van der Waals surface area contributed by atoms with E-state index in [1.54, 1.807) is 0 Å². The SMILES string of the molecule is CC/C=C/CC/C=C/CCCC(O)C(O)C(COC1OC(CO)C(O)C(O)C1O)NC(=O)C(O)CCCCCCCCCCCCCC/C=C\C/C=C\CCCCCCCCCCC. The predicted molar refractivity (Wildman–Crippen MR) is 261 cm³/mol. The number of carbonyl (C=O) groups excluding carboxylic acids is 1. The number of hydrogen-bond acceptors (Lipinski definition) is 10. The molecule has 11 nitrogen and oxygen atoms in total. The van der Waals surface area contributed by atoms with Crippen LogP contribution in [0.1, 0.15) is 213 Å². The molecule has 0 spiro atoms. The van der Waals surface area contributed by atoms with Crippen molar-refractivity contribution < 1.29 is 50.0 Å².